The van der Waals surface area contributed by atoms with Gasteiger partial charge in [-0.15, -0.1) is 0 Å². The summed E-state index contributed by atoms with van der Waals surface area (Å²) in [6.07, 6.45) is -10.4. The zero-order chi connectivity index (χ0) is 38.9. The maximum Gasteiger partial charge on any atom is 0.335 e. The Kier molecular flexibility index (Phi) is 11.6. The second kappa shape index (κ2) is 15.2. The van der Waals surface area contributed by atoms with Gasteiger partial charge in [0.15, 0.2) is 24.4 Å². The number of hydrogen-bond donors (Lipinski definition) is 7. The van der Waals surface area contributed by atoms with Crippen molar-refractivity contribution < 1.29 is 69.1 Å². The van der Waals surface area contributed by atoms with E-state index in [2.05, 4.69) is 13.8 Å². The van der Waals surface area contributed by atoms with E-state index in [4.69, 9.17) is 18.9 Å². The summed E-state index contributed by atoms with van der Waals surface area (Å²) in [5.74, 6) is -1.46. The van der Waals surface area contributed by atoms with E-state index in [0.29, 0.717) is 25.7 Å². The minimum Gasteiger partial charge on any atom is -0.504 e. The van der Waals surface area contributed by atoms with E-state index in [1.807, 2.05) is 20.8 Å². The molecule has 14 nitrogen and oxygen atoms in total. The number of ketones is 2. The molecule has 6 rings (SSSR count). The van der Waals surface area contributed by atoms with Gasteiger partial charge in [0.05, 0.1) is 12.2 Å². The highest BCUT2D eigenvalue weighted by Crippen LogP contribution is 2.67. The largest absolute Gasteiger partial charge is 0.504 e. The zero-order valence-corrected chi connectivity index (χ0v) is 31.7. The summed E-state index contributed by atoms with van der Waals surface area (Å²) in [6, 6.07) is 0. The van der Waals surface area contributed by atoms with Crippen molar-refractivity contribution in [2.45, 2.75) is 167 Å². The first-order valence-electron chi connectivity index (χ1n) is 19.5. The molecule has 300 valence electrons. The van der Waals surface area contributed by atoms with Gasteiger partial charge in [-0.1, -0.05) is 34.6 Å². The average molecular weight is 753 g/mol. The number of allylic oxidation sites excluding steroid dienone is 2. The molecule has 2 heterocycles. The van der Waals surface area contributed by atoms with Crippen LogP contribution >= 0.6 is 0 Å². The number of Topliss-reactive ketones (excluding diaryl/α,β-unsaturated/α-hetero) is 2. The Morgan fingerprint density at radius 3 is 2.17 bits per heavy atom. The van der Waals surface area contributed by atoms with E-state index in [1.165, 1.54) is 6.92 Å². The summed E-state index contributed by atoms with van der Waals surface area (Å²) in [7, 11) is 0. The Balaban J connectivity index is 1.10. The molecule has 7 N–H and O–H groups in total. The molecule has 18 atom stereocenters. The first-order valence-corrected chi connectivity index (χ1v) is 19.5. The Morgan fingerprint density at radius 2 is 1.51 bits per heavy atom. The molecule has 0 radical (unpaired) electrons. The van der Waals surface area contributed by atoms with E-state index < -0.39 is 78.9 Å². The molecule has 4 aliphatic carbocycles. The molecule has 2 saturated heterocycles. The number of fused-ring (bicyclic) bond motifs is 5. The second-order valence-electron chi connectivity index (χ2n) is 17.9. The van der Waals surface area contributed by atoms with Crippen molar-refractivity contribution in [3.05, 3.63) is 11.3 Å². The van der Waals surface area contributed by atoms with Crippen LogP contribution in [0.5, 0.6) is 0 Å². The van der Waals surface area contributed by atoms with Gasteiger partial charge in [-0.2, -0.15) is 0 Å². The molecule has 53 heavy (non-hydrogen) atoms. The van der Waals surface area contributed by atoms with Crippen molar-refractivity contribution in [2.24, 2.45) is 46.3 Å². The lowest BCUT2D eigenvalue weighted by atomic mass is 9.44. The summed E-state index contributed by atoms with van der Waals surface area (Å²) in [5, 5.41) is 74.0. The van der Waals surface area contributed by atoms with E-state index in [9.17, 15) is 50.1 Å². The summed E-state index contributed by atoms with van der Waals surface area (Å²) < 4.78 is 22.9. The topological polar surface area (TPSA) is 230 Å². The fraction of sp³-hybridized carbons (Fsp3) is 0.872. The fourth-order valence-corrected chi connectivity index (χ4v) is 11.4. The molecular formula is C39H60O14. The number of aliphatic hydroxyl groups is 6. The zero-order valence-electron chi connectivity index (χ0n) is 31.7. The van der Waals surface area contributed by atoms with E-state index >= 15 is 0 Å². The van der Waals surface area contributed by atoms with Gasteiger partial charge in [0.1, 0.15) is 42.4 Å². The number of carbonyl (C=O) groups is 3. The molecule has 0 aromatic rings. The molecule has 0 amide bonds. The first-order chi connectivity index (χ1) is 24.8. The number of carbonyl (C=O) groups excluding carboxylic acids is 2. The van der Waals surface area contributed by atoms with Crippen LogP contribution in [0.1, 0.15) is 99.3 Å². The Bertz CT molecular complexity index is 1430. The number of aliphatic hydroxyl groups excluding tert-OH is 6. The normalized spacial score (nSPS) is 47.8. The van der Waals surface area contributed by atoms with Gasteiger partial charge in [-0.25, -0.2) is 4.79 Å². The SMILES string of the molecule is CC(C)CC(=O)CC(C)C1=C(O)C(=O)C2C3CCC4CC(OC5OC(C(=O)O)C(OC6OC(C)C(O)C(O)C6O)C(O)C5O)CCC4(C)C3CCC12C. The highest BCUT2D eigenvalue weighted by Gasteiger charge is 2.64. The molecular weight excluding hydrogens is 692 g/mol. The summed E-state index contributed by atoms with van der Waals surface area (Å²) >= 11 is 0. The second-order valence-corrected chi connectivity index (χ2v) is 17.9. The maximum atomic E-state index is 13.9. The van der Waals surface area contributed by atoms with Crippen LogP contribution in [-0.4, -0.2) is 121 Å². The van der Waals surface area contributed by atoms with Gasteiger partial charge in [0, 0.05) is 24.2 Å². The summed E-state index contributed by atoms with van der Waals surface area (Å²) in [5.41, 5.74) is 0.133. The average Bonchev–Trinajstić information content (AvgIpc) is 3.29. The van der Waals surface area contributed by atoms with E-state index in [1.54, 1.807) is 0 Å². The number of rotatable bonds is 10. The van der Waals surface area contributed by atoms with Crippen LogP contribution in [0.3, 0.4) is 0 Å². The highest BCUT2D eigenvalue weighted by atomic mass is 16.7. The van der Waals surface area contributed by atoms with Crippen LogP contribution in [0, 0.1) is 46.3 Å². The molecule has 0 bridgehead atoms. The molecule has 2 aliphatic heterocycles. The number of carboxylic acids is 1. The third-order valence-electron chi connectivity index (χ3n) is 14.0. The van der Waals surface area contributed by atoms with Gasteiger partial charge in [-0.3, -0.25) is 9.59 Å². The number of aliphatic carboxylic acids is 1. The number of ether oxygens (including phenoxy) is 4. The van der Waals surface area contributed by atoms with Crippen LogP contribution in [0.2, 0.25) is 0 Å². The maximum absolute atomic E-state index is 13.9. The minimum atomic E-state index is -1.82. The van der Waals surface area contributed by atoms with Gasteiger partial charge in [0.2, 0.25) is 5.78 Å². The molecule has 14 heteroatoms. The van der Waals surface area contributed by atoms with Crippen LogP contribution in [-0.2, 0) is 33.3 Å². The highest BCUT2D eigenvalue weighted by molar-refractivity contribution is 6.00. The molecule has 5 fully saturated rings. The lowest BCUT2D eigenvalue weighted by Gasteiger charge is -2.60. The fourth-order valence-electron chi connectivity index (χ4n) is 11.4. The van der Waals surface area contributed by atoms with Gasteiger partial charge >= 0.3 is 5.97 Å². The predicted molar refractivity (Wildman–Crippen MR) is 186 cm³/mol. The summed E-state index contributed by atoms with van der Waals surface area (Å²) in [4.78, 5) is 39.0. The van der Waals surface area contributed by atoms with Crippen molar-refractivity contribution in [1.82, 2.24) is 0 Å². The molecule has 0 spiro atoms. The first kappa shape index (κ1) is 40.6. The van der Waals surface area contributed by atoms with Crippen molar-refractivity contribution in [1.29, 1.82) is 0 Å². The van der Waals surface area contributed by atoms with Gasteiger partial charge in [0.25, 0.3) is 0 Å². The predicted octanol–water partition coefficient (Wildman–Crippen LogP) is 2.40. The lowest BCUT2D eigenvalue weighted by molar-refractivity contribution is -0.356. The molecule has 3 saturated carbocycles. The molecule has 6 aliphatic rings. The van der Waals surface area contributed by atoms with E-state index in [0.717, 1.165) is 37.7 Å². The number of carboxylic acid groups (broad SMARTS) is 1. The monoisotopic (exact) mass is 752 g/mol. The quantitative estimate of drug-likeness (QED) is 0.159. The van der Waals surface area contributed by atoms with Crippen molar-refractivity contribution in [3.8, 4) is 0 Å². The summed E-state index contributed by atoms with van der Waals surface area (Å²) in [6.45, 7) is 11.8. The third-order valence-corrected chi connectivity index (χ3v) is 14.0. The van der Waals surface area contributed by atoms with Crippen molar-refractivity contribution in [3.63, 3.8) is 0 Å². The van der Waals surface area contributed by atoms with Gasteiger partial charge < -0.3 is 54.7 Å². The molecule has 18 unspecified atom stereocenters. The lowest BCUT2D eigenvalue weighted by Crippen LogP contribution is -2.65. The third kappa shape index (κ3) is 7.14. The standard InChI is InChI=1S/C39H60O14/c1-16(2)13-20(40)14-17(3)24-27(42)28(43)25-22-8-7-19-15-21(9-11-38(19,5)23(22)10-12-39(24,25)6)51-37-32(47)30(45)33(34(53-37)35(48)49)52-36-31(46)29(44)26(41)18(4)50-36/h16-19,21-23,25-26,29-34,36-37,41-42,44-47H,7-15H2,1-6H3,(H,48,49). The minimum absolute atomic E-state index is 0.0871. The van der Waals surface area contributed by atoms with Crippen LogP contribution in [0.4, 0.5) is 0 Å². The Hall–Kier alpha value is -2.01. The molecule has 0 aromatic heterocycles. The van der Waals surface area contributed by atoms with Gasteiger partial charge in [-0.05, 0) is 92.4 Å². The van der Waals surface area contributed by atoms with Crippen LogP contribution in [0.25, 0.3) is 0 Å². The van der Waals surface area contributed by atoms with Crippen molar-refractivity contribution >= 4 is 17.5 Å². The molecule has 0 aromatic carbocycles. The Morgan fingerprint density at radius 1 is 0.849 bits per heavy atom. The van der Waals surface area contributed by atoms with Crippen LogP contribution in [0.15, 0.2) is 11.3 Å². The van der Waals surface area contributed by atoms with E-state index in [-0.39, 0.29) is 58.2 Å². The Labute approximate surface area is 310 Å². The smallest absolute Gasteiger partial charge is 0.335 e. The number of hydrogen-bond acceptors (Lipinski definition) is 13. The van der Waals surface area contributed by atoms with Crippen molar-refractivity contribution in [2.75, 3.05) is 0 Å². The van der Waals surface area contributed by atoms with Crippen LogP contribution < -0.4 is 0 Å².